The number of alkyl carbamates (subject to hydrolysis) is 1. The lowest BCUT2D eigenvalue weighted by atomic mass is 10.0. The van der Waals surface area contributed by atoms with E-state index >= 15 is 0 Å². The van der Waals surface area contributed by atoms with E-state index in [1.54, 1.807) is 27.7 Å². The third kappa shape index (κ3) is 7.09. The summed E-state index contributed by atoms with van der Waals surface area (Å²) in [5.74, 6) is 0. The number of benzene rings is 1. The lowest BCUT2D eigenvalue weighted by molar-refractivity contribution is 0.0457. The molecule has 1 amide bonds. The Balaban J connectivity index is 2.40. The average molecular weight is 304 g/mol. The molecule has 0 aliphatic carbocycles. The van der Waals surface area contributed by atoms with Crippen molar-refractivity contribution in [3.63, 3.8) is 0 Å². The minimum atomic E-state index is -1.01. The van der Waals surface area contributed by atoms with Gasteiger partial charge in [-0.15, -0.1) is 0 Å². The van der Waals surface area contributed by atoms with Gasteiger partial charge >= 0.3 is 6.09 Å². The highest BCUT2D eigenvalue weighted by Crippen LogP contribution is 2.13. The maximum atomic E-state index is 11.8. The lowest BCUT2D eigenvalue weighted by Gasteiger charge is -2.26. The fourth-order valence-electron chi connectivity index (χ4n) is 1.72. The average Bonchev–Trinajstić information content (AvgIpc) is 2.42. The maximum Gasteiger partial charge on any atom is 0.408 e. The zero-order chi connectivity index (χ0) is 16.6. The summed E-state index contributed by atoms with van der Waals surface area (Å²) in [5, 5.41) is 11.9. The summed E-state index contributed by atoms with van der Waals surface area (Å²) >= 11 is 0. The Bertz CT molecular complexity index is 517. The first-order chi connectivity index (χ1) is 10.2. The van der Waals surface area contributed by atoms with Crippen molar-refractivity contribution in [2.45, 2.75) is 51.9 Å². The Labute approximate surface area is 132 Å². The van der Waals surface area contributed by atoms with Gasteiger partial charge in [0.25, 0.3) is 0 Å². The number of ether oxygens (including phenoxy) is 2. The predicted octanol–water partition coefficient (Wildman–Crippen LogP) is 3.40. The van der Waals surface area contributed by atoms with E-state index in [0.717, 1.165) is 5.56 Å². The highest BCUT2D eigenvalue weighted by molar-refractivity contribution is 5.69. The van der Waals surface area contributed by atoms with E-state index in [4.69, 9.17) is 9.47 Å². The van der Waals surface area contributed by atoms with Crippen LogP contribution < -0.4 is 5.32 Å². The topological polar surface area (TPSA) is 71.3 Å². The molecule has 1 N–H and O–H groups in total. The van der Waals surface area contributed by atoms with Crippen LogP contribution in [0.4, 0.5) is 4.79 Å². The molecule has 0 spiro atoms. The molecule has 22 heavy (non-hydrogen) atoms. The van der Waals surface area contributed by atoms with Crippen molar-refractivity contribution in [2.75, 3.05) is 6.61 Å². The molecule has 1 aromatic carbocycles. The number of hydrogen-bond donors (Lipinski definition) is 1. The van der Waals surface area contributed by atoms with Crippen molar-refractivity contribution in [3.05, 3.63) is 35.9 Å². The van der Waals surface area contributed by atoms with Crippen molar-refractivity contribution >= 4 is 6.09 Å². The second-order valence-corrected chi connectivity index (χ2v) is 6.36. The summed E-state index contributed by atoms with van der Waals surface area (Å²) in [6.45, 7) is 7.84. The van der Waals surface area contributed by atoms with E-state index in [9.17, 15) is 10.1 Å². The van der Waals surface area contributed by atoms with Gasteiger partial charge in [0.05, 0.1) is 19.3 Å². The van der Waals surface area contributed by atoms with Gasteiger partial charge in [0, 0.05) is 6.42 Å². The second-order valence-electron chi connectivity index (χ2n) is 6.36. The highest BCUT2D eigenvalue weighted by atomic mass is 16.6. The van der Waals surface area contributed by atoms with E-state index in [2.05, 4.69) is 11.4 Å². The molecule has 5 nitrogen and oxygen atoms in total. The van der Waals surface area contributed by atoms with E-state index < -0.39 is 17.2 Å². The van der Waals surface area contributed by atoms with Gasteiger partial charge in [0.1, 0.15) is 11.1 Å². The molecule has 0 saturated heterocycles. The molecule has 1 unspecified atom stereocenters. The van der Waals surface area contributed by atoms with Crippen LogP contribution in [0.25, 0.3) is 0 Å². The molecule has 0 radical (unpaired) electrons. The molecular formula is C17H24N2O3. The number of nitriles is 1. The van der Waals surface area contributed by atoms with E-state index in [1.165, 1.54) is 0 Å². The van der Waals surface area contributed by atoms with Crippen LogP contribution in [0.2, 0.25) is 0 Å². The van der Waals surface area contributed by atoms with Gasteiger partial charge in [0.15, 0.2) is 0 Å². The number of nitrogens with one attached hydrogen (secondary N) is 1. The van der Waals surface area contributed by atoms with Crippen LogP contribution in [0, 0.1) is 11.3 Å². The first kappa shape index (κ1) is 18.0. The maximum absolute atomic E-state index is 11.8. The van der Waals surface area contributed by atoms with Gasteiger partial charge < -0.3 is 14.8 Å². The molecule has 0 aliphatic rings. The highest BCUT2D eigenvalue weighted by Gasteiger charge is 2.28. The second kappa shape index (κ2) is 7.81. The fourth-order valence-corrected chi connectivity index (χ4v) is 1.72. The van der Waals surface area contributed by atoms with Gasteiger partial charge in [-0.1, -0.05) is 30.3 Å². The summed E-state index contributed by atoms with van der Waals surface area (Å²) in [7, 11) is 0. The first-order valence-corrected chi connectivity index (χ1v) is 7.28. The molecule has 120 valence electrons. The number of nitrogens with zero attached hydrogens (tertiary/aromatic N) is 1. The lowest BCUT2D eigenvalue weighted by Crippen LogP contribution is -2.47. The third-order valence-corrected chi connectivity index (χ3v) is 2.88. The number of amides is 1. The van der Waals surface area contributed by atoms with Gasteiger partial charge in [-0.05, 0) is 33.3 Å². The van der Waals surface area contributed by atoms with Gasteiger partial charge in [-0.25, -0.2) is 4.79 Å². The minimum Gasteiger partial charge on any atom is -0.444 e. The molecule has 0 bridgehead atoms. The smallest absolute Gasteiger partial charge is 0.408 e. The van der Waals surface area contributed by atoms with Crippen LogP contribution in [0.15, 0.2) is 30.3 Å². The molecule has 1 aromatic rings. The van der Waals surface area contributed by atoms with Crippen molar-refractivity contribution in [1.82, 2.24) is 5.32 Å². The number of hydrogen-bond acceptors (Lipinski definition) is 4. The van der Waals surface area contributed by atoms with Crippen molar-refractivity contribution in [1.29, 1.82) is 5.26 Å². The predicted molar refractivity (Wildman–Crippen MR) is 84.1 cm³/mol. The largest absolute Gasteiger partial charge is 0.444 e. The number of carbonyl (C=O) groups is 1. The minimum absolute atomic E-state index is 0.370. The van der Waals surface area contributed by atoms with Gasteiger partial charge in [-0.2, -0.15) is 5.26 Å². The Morgan fingerprint density at radius 2 is 1.86 bits per heavy atom. The monoisotopic (exact) mass is 304 g/mol. The number of carbonyl (C=O) groups excluding carboxylic acids is 1. The van der Waals surface area contributed by atoms with Crippen LogP contribution in [0.1, 0.15) is 39.7 Å². The molecule has 1 rings (SSSR count). The van der Waals surface area contributed by atoms with Gasteiger partial charge in [-0.3, -0.25) is 0 Å². The molecule has 0 aromatic heterocycles. The zero-order valence-corrected chi connectivity index (χ0v) is 13.7. The molecule has 0 fully saturated rings. The van der Waals surface area contributed by atoms with Crippen LogP contribution in [0.5, 0.6) is 0 Å². The van der Waals surface area contributed by atoms with Crippen LogP contribution in [0.3, 0.4) is 0 Å². The van der Waals surface area contributed by atoms with Crippen LogP contribution in [-0.4, -0.2) is 23.8 Å². The summed E-state index contributed by atoms with van der Waals surface area (Å²) in [5.41, 5.74) is -0.537. The summed E-state index contributed by atoms with van der Waals surface area (Å²) in [6, 6.07) is 11.9. The van der Waals surface area contributed by atoms with Crippen LogP contribution in [-0.2, 0) is 16.1 Å². The standard InChI is InChI=1S/C17H24N2O3/c1-16(2,3)22-15(20)19-17(4,13-18)10-11-21-12-14-8-6-5-7-9-14/h5-9H,10-12H2,1-4H3,(H,19,20). The van der Waals surface area contributed by atoms with E-state index in [1.807, 2.05) is 30.3 Å². The molecular weight excluding hydrogens is 280 g/mol. The normalized spacial score (nSPS) is 13.8. The Morgan fingerprint density at radius 3 is 2.41 bits per heavy atom. The van der Waals surface area contributed by atoms with Crippen molar-refractivity contribution < 1.29 is 14.3 Å². The third-order valence-electron chi connectivity index (χ3n) is 2.88. The summed E-state index contributed by atoms with van der Waals surface area (Å²) in [4.78, 5) is 11.8. The Morgan fingerprint density at radius 1 is 1.23 bits per heavy atom. The molecule has 0 heterocycles. The van der Waals surface area contributed by atoms with E-state index in [-0.39, 0.29) is 0 Å². The first-order valence-electron chi connectivity index (χ1n) is 7.28. The Kier molecular flexibility index (Phi) is 6.39. The SMILES string of the molecule is CC(C#N)(CCOCc1ccccc1)NC(=O)OC(C)(C)C. The van der Waals surface area contributed by atoms with Crippen molar-refractivity contribution in [2.24, 2.45) is 0 Å². The quantitative estimate of drug-likeness (QED) is 0.818. The van der Waals surface area contributed by atoms with Gasteiger partial charge in [0.2, 0.25) is 0 Å². The number of rotatable bonds is 6. The van der Waals surface area contributed by atoms with E-state index in [0.29, 0.717) is 19.6 Å². The molecule has 0 aliphatic heterocycles. The van der Waals surface area contributed by atoms with Crippen LogP contribution >= 0.6 is 0 Å². The molecule has 0 saturated carbocycles. The summed E-state index contributed by atoms with van der Waals surface area (Å²) in [6.07, 6.45) is -0.213. The Hall–Kier alpha value is -2.06. The fraction of sp³-hybridized carbons (Fsp3) is 0.529. The molecule has 1 atom stereocenters. The summed E-state index contributed by atoms with van der Waals surface area (Å²) < 4.78 is 10.7. The van der Waals surface area contributed by atoms with Crippen molar-refractivity contribution in [3.8, 4) is 6.07 Å². The molecule has 5 heteroatoms. The zero-order valence-electron chi connectivity index (χ0n) is 13.7.